The summed E-state index contributed by atoms with van der Waals surface area (Å²) in [5.41, 5.74) is 6.65. The largest absolute Gasteiger partial charge is 0.398 e. The Hall–Kier alpha value is -0.670. The second-order valence-corrected chi connectivity index (χ2v) is 4.51. The molecule has 0 saturated heterocycles. The first kappa shape index (κ1) is 7.95. The van der Waals surface area contributed by atoms with E-state index in [1.807, 2.05) is 12.1 Å². The predicted octanol–water partition coefficient (Wildman–Crippen LogP) is 3.08. The summed E-state index contributed by atoms with van der Waals surface area (Å²) in [4.78, 5) is 2.29. The minimum Gasteiger partial charge on any atom is -0.398 e. The maximum Gasteiger partial charge on any atom is 0.0499 e. The summed E-state index contributed by atoms with van der Waals surface area (Å²) in [6, 6.07) is 5.95. The van der Waals surface area contributed by atoms with Gasteiger partial charge in [-0.25, -0.2) is 0 Å². The molecule has 1 aromatic heterocycles. The smallest absolute Gasteiger partial charge is 0.0499 e. The van der Waals surface area contributed by atoms with Crippen molar-refractivity contribution >= 4 is 39.7 Å². The fourth-order valence-electron chi connectivity index (χ4n) is 1.25. The summed E-state index contributed by atoms with van der Waals surface area (Å²) < 4.78 is 1.19. The molecule has 0 spiro atoms. The molecule has 0 amide bonds. The third kappa shape index (κ3) is 1.09. The highest BCUT2D eigenvalue weighted by Gasteiger charge is 2.04. The Labute approximate surface area is 80.6 Å². The molecule has 1 heterocycles. The monoisotopic (exact) mass is 195 g/mol. The van der Waals surface area contributed by atoms with Gasteiger partial charge in [0.2, 0.25) is 0 Å². The van der Waals surface area contributed by atoms with Gasteiger partial charge in [-0.3, -0.25) is 0 Å². The number of nitrogens with two attached hydrogens (primary N) is 1. The Balaban J connectivity index is 2.93. The van der Waals surface area contributed by atoms with Gasteiger partial charge in [0, 0.05) is 25.5 Å². The average molecular weight is 195 g/mol. The molecule has 0 fully saturated rings. The number of thiol groups is 1. The van der Waals surface area contributed by atoms with E-state index in [2.05, 4.69) is 25.6 Å². The Morgan fingerprint density at radius 3 is 2.83 bits per heavy atom. The van der Waals surface area contributed by atoms with Gasteiger partial charge in [0.1, 0.15) is 0 Å². The maximum absolute atomic E-state index is 5.81. The highest BCUT2D eigenvalue weighted by atomic mass is 32.1. The van der Waals surface area contributed by atoms with Crippen LogP contribution in [0.15, 0.2) is 23.1 Å². The van der Waals surface area contributed by atoms with E-state index in [4.69, 9.17) is 5.73 Å². The van der Waals surface area contributed by atoms with Crippen molar-refractivity contribution in [1.29, 1.82) is 0 Å². The standard InChI is InChI=1S/C9H9NS2/c1-5-4-6-7(10)2-3-8(11)9(6)12-5/h2-4,11H,10H2,1H3. The van der Waals surface area contributed by atoms with Crippen LogP contribution in [0, 0.1) is 6.92 Å². The summed E-state index contributed by atoms with van der Waals surface area (Å²) in [6.45, 7) is 2.08. The Bertz CT molecular complexity index is 392. The van der Waals surface area contributed by atoms with Gasteiger partial charge in [-0.15, -0.1) is 24.0 Å². The van der Waals surface area contributed by atoms with Gasteiger partial charge in [0.25, 0.3) is 0 Å². The van der Waals surface area contributed by atoms with Crippen molar-refractivity contribution in [1.82, 2.24) is 0 Å². The van der Waals surface area contributed by atoms with Crippen LogP contribution in [-0.2, 0) is 0 Å². The quantitative estimate of drug-likeness (QED) is 0.490. The van der Waals surface area contributed by atoms with Gasteiger partial charge >= 0.3 is 0 Å². The molecular formula is C9H9NS2. The molecule has 3 heteroatoms. The fourth-order valence-corrected chi connectivity index (χ4v) is 2.54. The molecule has 0 bridgehead atoms. The molecule has 2 aromatic rings. The molecule has 2 N–H and O–H groups in total. The molecule has 12 heavy (non-hydrogen) atoms. The van der Waals surface area contributed by atoms with Crippen LogP contribution >= 0.6 is 24.0 Å². The van der Waals surface area contributed by atoms with E-state index in [1.165, 1.54) is 9.58 Å². The van der Waals surface area contributed by atoms with Crippen LogP contribution in [0.5, 0.6) is 0 Å². The topological polar surface area (TPSA) is 26.0 Å². The van der Waals surface area contributed by atoms with Crippen molar-refractivity contribution in [2.75, 3.05) is 5.73 Å². The van der Waals surface area contributed by atoms with E-state index in [1.54, 1.807) is 11.3 Å². The summed E-state index contributed by atoms with van der Waals surface area (Å²) in [5.74, 6) is 0. The van der Waals surface area contributed by atoms with Gasteiger partial charge in [-0.1, -0.05) is 0 Å². The van der Waals surface area contributed by atoms with Crippen molar-refractivity contribution in [3.63, 3.8) is 0 Å². The molecule has 0 aliphatic rings. The zero-order chi connectivity index (χ0) is 8.72. The summed E-state index contributed by atoms with van der Waals surface area (Å²) >= 11 is 6.10. The minimum absolute atomic E-state index is 0.840. The molecule has 0 saturated carbocycles. The van der Waals surface area contributed by atoms with Crippen molar-refractivity contribution < 1.29 is 0 Å². The molecule has 1 nitrogen and oxygen atoms in total. The Morgan fingerprint density at radius 2 is 2.17 bits per heavy atom. The second kappa shape index (κ2) is 2.68. The fraction of sp³-hybridized carbons (Fsp3) is 0.111. The zero-order valence-corrected chi connectivity index (χ0v) is 8.38. The van der Waals surface area contributed by atoms with Crippen molar-refractivity contribution in [3.8, 4) is 0 Å². The first-order valence-electron chi connectivity index (χ1n) is 3.66. The number of hydrogen-bond donors (Lipinski definition) is 2. The van der Waals surface area contributed by atoms with Gasteiger partial charge in [0.15, 0.2) is 0 Å². The third-order valence-corrected chi connectivity index (χ3v) is 3.43. The van der Waals surface area contributed by atoms with Gasteiger partial charge < -0.3 is 5.73 Å². The predicted molar refractivity (Wildman–Crippen MR) is 58.2 cm³/mol. The number of thiophene rings is 1. The molecule has 62 valence electrons. The lowest BCUT2D eigenvalue weighted by Crippen LogP contribution is -1.83. The average Bonchev–Trinajstić information content (AvgIpc) is 2.41. The van der Waals surface area contributed by atoms with E-state index in [9.17, 15) is 0 Å². The van der Waals surface area contributed by atoms with Gasteiger partial charge in [-0.05, 0) is 25.1 Å². The summed E-state index contributed by atoms with van der Waals surface area (Å²) in [5, 5.41) is 1.13. The molecule has 2 rings (SSSR count). The highest BCUT2D eigenvalue weighted by Crippen LogP contribution is 2.33. The molecule has 1 aromatic carbocycles. The number of nitrogen functional groups attached to an aromatic ring is 1. The number of benzene rings is 1. The van der Waals surface area contributed by atoms with E-state index in [-0.39, 0.29) is 0 Å². The van der Waals surface area contributed by atoms with Crippen molar-refractivity contribution in [2.24, 2.45) is 0 Å². The van der Waals surface area contributed by atoms with E-state index in [0.717, 1.165) is 16.0 Å². The lowest BCUT2D eigenvalue weighted by atomic mass is 10.2. The highest BCUT2D eigenvalue weighted by molar-refractivity contribution is 7.80. The van der Waals surface area contributed by atoms with Crippen LogP contribution in [0.3, 0.4) is 0 Å². The van der Waals surface area contributed by atoms with Crippen LogP contribution < -0.4 is 5.73 Å². The van der Waals surface area contributed by atoms with E-state index in [0.29, 0.717) is 0 Å². The minimum atomic E-state index is 0.840. The number of rotatable bonds is 0. The van der Waals surface area contributed by atoms with Crippen LogP contribution in [-0.4, -0.2) is 0 Å². The number of fused-ring (bicyclic) bond motifs is 1. The van der Waals surface area contributed by atoms with Crippen LogP contribution in [0.2, 0.25) is 0 Å². The molecule has 0 unspecified atom stereocenters. The summed E-state index contributed by atoms with van der Waals surface area (Å²) in [6.07, 6.45) is 0. The Kier molecular flexibility index (Phi) is 1.77. The van der Waals surface area contributed by atoms with Crippen LogP contribution in [0.4, 0.5) is 5.69 Å². The lowest BCUT2D eigenvalue weighted by Gasteiger charge is -1.97. The van der Waals surface area contributed by atoms with Crippen LogP contribution in [0.1, 0.15) is 4.88 Å². The SMILES string of the molecule is Cc1cc2c(N)ccc(S)c2s1. The van der Waals surface area contributed by atoms with Crippen molar-refractivity contribution in [2.45, 2.75) is 11.8 Å². The number of aryl methyl sites for hydroxylation is 1. The summed E-state index contributed by atoms with van der Waals surface area (Å²) in [7, 11) is 0. The maximum atomic E-state index is 5.81. The molecule has 0 aliphatic carbocycles. The second-order valence-electron chi connectivity index (χ2n) is 2.77. The van der Waals surface area contributed by atoms with Crippen molar-refractivity contribution in [3.05, 3.63) is 23.1 Å². The molecular weight excluding hydrogens is 186 g/mol. The zero-order valence-electron chi connectivity index (χ0n) is 6.66. The number of hydrogen-bond acceptors (Lipinski definition) is 3. The lowest BCUT2D eigenvalue weighted by molar-refractivity contribution is 1.60. The molecule has 0 atom stereocenters. The Morgan fingerprint density at radius 1 is 1.42 bits per heavy atom. The molecule has 0 radical (unpaired) electrons. The third-order valence-electron chi connectivity index (χ3n) is 1.82. The molecule has 0 aliphatic heterocycles. The van der Waals surface area contributed by atoms with E-state index >= 15 is 0 Å². The van der Waals surface area contributed by atoms with Gasteiger partial charge in [-0.2, -0.15) is 0 Å². The first-order valence-corrected chi connectivity index (χ1v) is 4.92. The van der Waals surface area contributed by atoms with E-state index < -0.39 is 0 Å². The normalized spacial score (nSPS) is 10.8. The number of anilines is 1. The van der Waals surface area contributed by atoms with Gasteiger partial charge in [0.05, 0.1) is 0 Å². The first-order chi connectivity index (χ1) is 5.68. The van der Waals surface area contributed by atoms with Crippen LogP contribution in [0.25, 0.3) is 10.1 Å².